The van der Waals surface area contributed by atoms with Crippen molar-refractivity contribution in [3.05, 3.63) is 52.8 Å². The fourth-order valence-corrected chi connectivity index (χ4v) is 3.60. The Morgan fingerprint density at radius 2 is 1.86 bits per heavy atom. The van der Waals surface area contributed by atoms with Crippen LogP contribution in [0.1, 0.15) is 60.2 Å². The molecule has 1 aromatic heterocycles. The molecule has 2 aromatic rings. The van der Waals surface area contributed by atoms with Crippen molar-refractivity contribution in [1.29, 1.82) is 0 Å². The van der Waals surface area contributed by atoms with Crippen molar-refractivity contribution in [2.45, 2.75) is 58.0 Å². The summed E-state index contributed by atoms with van der Waals surface area (Å²) >= 11 is 0. The molecule has 3 nitrogen and oxygen atoms in total. The van der Waals surface area contributed by atoms with Crippen LogP contribution >= 0.6 is 0 Å². The van der Waals surface area contributed by atoms with Gasteiger partial charge in [-0.1, -0.05) is 31.0 Å². The Balaban J connectivity index is 1.74. The summed E-state index contributed by atoms with van der Waals surface area (Å²) in [4.78, 5) is 0. The summed E-state index contributed by atoms with van der Waals surface area (Å²) in [7, 11) is 0. The van der Waals surface area contributed by atoms with Crippen LogP contribution < -0.4 is 5.73 Å². The summed E-state index contributed by atoms with van der Waals surface area (Å²) in [6.45, 7) is 4.28. The molecule has 112 valence electrons. The first-order chi connectivity index (χ1) is 10.1. The van der Waals surface area contributed by atoms with E-state index in [2.05, 4.69) is 49.0 Å². The zero-order valence-electron chi connectivity index (χ0n) is 13.0. The average molecular weight is 283 g/mol. The van der Waals surface area contributed by atoms with Gasteiger partial charge in [0.1, 0.15) is 0 Å². The summed E-state index contributed by atoms with van der Waals surface area (Å²) in [5, 5.41) is 4.75. The normalized spacial score (nSPS) is 17.3. The molecule has 0 bridgehead atoms. The Labute approximate surface area is 127 Å². The Morgan fingerprint density at radius 3 is 2.52 bits per heavy atom. The van der Waals surface area contributed by atoms with Crippen molar-refractivity contribution in [2.24, 2.45) is 5.73 Å². The molecule has 0 aliphatic heterocycles. The molecule has 1 fully saturated rings. The van der Waals surface area contributed by atoms with E-state index in [-0.39, 0.29) is 6.04 Å². The molecule has 3 heteroatoms. The second-order valence-corrected chi connectivity index (χ2v) is 6.34. The Bertz CT molecular complexity index is 588. The van der Waals surface area contributed by atoms with Gasteiger partial charge in [-0.3, -0.25) is 4.68 Å². The van der Waals surface area contributed by atoms with Crippen LogP contribution in [0.3, 0.4) is 0 Å². The highest BCUT2D eigenvalue weighted by Crippen LogP contribution is 2.29. The smallest absolute Gasteiger partial charge is 0.0643 e. The van der Waals surface area contributed by atoms with Crippen LogP contribution in [0.4, 0.5) is 0 Å². The third kappa shape index (κ3) is 3.03. The molecule has 21 heavy (non-hydrogen) atoms. The van der Waals surface area contributed by atoms with Crippen LogP contribution in [0.5, 0.6) is 0 Å². The van der Waals surface area contributed by atoms with Crippen molar-refractivity contribution in [1.82, 2.24) is 9.78 Å². The molecule has 1 aliphatic rings. The molecule has 1 heterocycles. The van der Waals surface area contributed by atoms with E-state index in [1.165, 1.54) is 42.4 Å². The number of hydrogen-bond acceptors (Lipinski definition) is 2. The molecule has 2 N–H and O–H groups in total. The lowest BCUT2D eigenvalue weighted by molar-refractivity contribution is 0.461. The lowest BCUT2D eigenvalue weighted by Gasteiger charge is -2.16. The summed E-state index contributed by atoms with van der Waals surface area (Å²) in [6.07, 6.45) is 8.14. The highest BCUT2D eigenvalue weighted by atomic mass is 15.3. The molecule has 0 amide bonds. The molecule has 0 radical (unpaired) electrons. The third-order valence-electron chi connectivity index (χ3n) is 4.70. The fourth-order valence-electron chi connectivity index (χ4n) is 3.60. The van der Waals surface area contributed by atoms with Crippen molar-refractivity contribution >= 4 is 0 Å². The lowest BCUT2D eigenvalue weighted by atomic mass is 9.94. The molecule has 1 aliphatic carbocycles. The Morgan fingerprint density at radius 1 is 1.19 bits per heavy atom. The molecule has 3 rings (SSSR count). The molecule has 1 saturated carbocycles. The zero-order chi connectivity index (χ0) is 14.8. The average Bonchev–Trinajstić information content (AvgIpc) is 3.08. The van der Waals surface area contributed by atoms with Crippen molar-refractivity contribution < 1.29 is 0 Å². The third-order valence-corrected chi connectivity index (χ3v) is 4.70. The maximum absolute atomic E-state index is 6.44. The standard InChI is InChI=1S/C18H25N3/c1-13-6-5-7-14(2)18(13)17(19)12-15-10-11-21(20-15)16-8-3-4-9-16/h5-7,10-11,16-17H,3-4,8-9,12,19H2,1-2H3. The van der Waals surface area contributed by atoms with Crippen molar-refractivity contribution in [3.63, 3.8) is 0 Å². The van der Waals surface area contributed by atoms with E-state index in [1.807, 2.05) is 0 Å². The van der Waals surface area contributed by atoms with E-state index in [0.29, 0.717) is 6.04 Å². The largest absolute Gasteiger partial charge is 0.324 e. The Kier molecular flexibility index (Phi) is 4.11. The van der Waals surface area contributed by atoms with Gasteiger partial charge in [0.25, 0.3) is 0 Å². The van der Waals surface area contributed by atoms with Crippen LogP contribution in [0.25, 0.3) is 0 Å². The minimum Gasteiger partial charge on any atom is -0.324 e. The van der Waals surface area contributed by atoms with Gasteiger partial charge in [0.2, 0.25) is 0 Å². The molecule has 1 aromatic carbocycles. The van der Waals surface area contributed by atoms with Crippen molar-refractivity contribution in [2.75, 3.05) is 0 Å². The quantitative estimate of drug-likeness (QED) is 0.926. The summed E-state index contributed by atoms with van der Waals surface area (Å²) < 4.78 is 2.15. The van der Waals surface area contributed by atoms with Gasteiger partial charge < -0.3 is 5.73 Å². The second-order valence-electron chi connectivity index (χ2n) is 6.34. The van der Waals surface area contributed by atoms with Gasteiger partial charge in [0.05, 0.1) is 11.7 Å². The molecule has 0 saturated heterocycles. The minimum atomic E-state index is 0.0260. The number of aromatic nitrogens is 2. The van der Waals surface area contributed by atoms with Gasteiger partial charge in [-0.2, -0.15) is 5.10 Å². The second kappa shape index (κ2) is 6.02. The minimum absolute atomic E-state index is 0.0260. The number of nitrogens with zero attached hydrogens (tertiary/aromatic N) is 2. The lowest BCUT2D eigenvalue weighted by Crippen LogP contribution is -2.17. The zero-order valence-corrected chi connectivity index (χ0v) is 13.0. The number of hydrogen-bond donors (Lipinski definition) is 1. The monoisotopic (exact) mass is 283 g/mol. The van der Waals surface area contributed by atoms with Crippen molar-refractivity contribution in [3.8, 4) is 0 Å². The molecular formula is C18H25N3. The van der Waals surface area contributed by atoms with Gasteiger partial charge in [-0.05, 0) is 49.4 Å². The molecule has 1 atom stereocenters. The number of aryl methyl sites for hydroxylation is 2. The fraction of sp³-hybridized carbons (Fsp3) is 0.500. The first kappa shape index (κ1) is 14.3. The van der Waals surface area contributed by atoms with E-state index in [4.69, 9.17) is 10.8 Å². The van der Waals surface area contributed by atoms with Crippen LogP contribution in [0, 0.1) is 13.8 Å². The first-order valence-electron chi connectivity index (χ1n) is 8.01. The molecule has 0 spiro atoms. The van der Waals surface area contributed by atoms with Crippen LogP contribution in [-0.2, 0) is 6.42 Å². The van der Waals surface area contributed by atoms with E-state index in [1.54, 1.807) is 0 Å². The van der Waals surface area contributed by atoms with Gasteiger partial charge >= 0.3 is 0 Å². The van der Waals surface area contributed by atoms with Gasteiger partial charge in [-0.25, -0.2) is 0 Å². The molecule has 1 unspecified atom stereocenters. The van der Waals surface area contributed by atoms with Crippen LogP contribution in [0.15, 0.2) is 30.5 Å². The highest BCUT2D eigenvalue weighted by Gasteiger charge is 2.19. The number of benzene rings is 1. The molecular weight excluding hydrogens is 258 g/mol. The summed E-state index contributed by atoms with van der Waals surface area (Å²) in [6, 6.07) is 9.13. The van der Waals surface area contributed by atoms with Crippen LogP contribution in [0.2, 0.25) is 0 Å². The van der Waals surface area contributed by atoms with E-state index in [0.717, 1.165) is 12.1 Å². The summed E-state index contributed by atoms with van der Waals surface area (Å²) in [5.74, 6) is 0. The van der Waals surface area contributed by atoms with E-state index in [9.17, 15) is 0 Å². The predicted octanol–water partition coefficient (Wildman–Crippen LogP) is 3.86. The maximum atomic E-state index is 6.44. The number of nitrogens with two attached hydrogens (primary N) is 1. The predicted molar refractivity (Wildman–Crippen MR) is 86.3 cm³/mol. The topological polar surface area (TPSA) is 43.8 Å². The van der Waals surface area contributed by atoms with Gasteiger partial charge in [-0.15, -0.1) is 0 Å². The first-order valence-corrected chi connectivity index (χ1v) is 8.01. The summed E-state index contributed by atoms with van der Waals surface area (Å²) in [5.41, 5.74) is 11.4. The Hall–Kier alpha value is -1.61. The maximum Gasteiger partial charge on any atom is 0.0643 e. The van der Waals surface area contributed by atoms with E-state index >= 15 is 0 Å². The SMILES string of the molecule is Cc1cccc(C)c1C(N)Cc1ccn(C2CCCC2)n1. The van der Waals surface area contributed by atoms with Crippen LogP contribution in [-0.4, -0.2) is 9.78 Å². The highest BCUT2D eigenvalue weighted by molar-refractivity contribution is 5.36. The van der Waals surface area contributed by atoms with E-state index < -0.39 is 0 Å². The van der Waals surface area contributed by atoms with Gasteiger partial charge in [0.15, 0.2) is 0 Å². The number of rotatable bonds is 4. The van der Waals surface area contributed by atoms with Gasteiger partial charge in [0, 0.05) is 18.7 Å².